The number of carbonyl (C=O) groups excluding carboxylic acids is 2. The Morgan fingerprint density at radius 3 is 1.83 bits per heavy atom. The van der Waals surface area contributed by atoms with Crippen molar-refractivity contribution < 1.29 is 34.0 Å². The van der Waals surface area contributed by atoms with E-state index in [9.17, 15) is 19.8 Å². The predicted octanol–water partition coefficient (Wildman–Crippen LogP) is 3.87. The molecule has 0 saturated heterocycles. The van der Waals surface area contributed by atoms with Crippen LogP contribution in [0.3, 0.4) is 0 Å². The van der Waals surface area contributed by atoms with Crippen molar-refractivity contribution >= 4 is 11.9 Å². The minimum atomic E-state index is -1.12. The van der Waals surface area contributed by atoms with Gasteiger partial charge in [-0.3, -0.25) is 0 Å². The molecule has 7 nitrogen and oxygen atoms in total. The zero-order valence-electron chi connectivity index (χ0n) is 20.4. The van der Waals surface area contributed by atoms with Gasteiger partial charge in [-0.2, -0.15) is 0 Å². The van der Waals surface area contributed by atoms with Crippen LogP contribution in [0.1, 0.15) is 25.8 Å². The summed E-state index contributed by atoms with van der Waals surface area (Å²) in [6, 6.07) is 15.6. The first-order valence-corrected chi connectivity index (χ1v) is 11.4. The monoisotopic (exact) mass is 482 g/mol. The molecule has 7 heteroatoms. The van der Waals surface area contributed by atoms with Crippen molar-refractivity contribution in [3.05, 3.63) is 78.4 Å². The molecular weight excluding hydrogens is 448 g/mol. The molecule has 188 valence electrons. The van der Waals surface area contributed by atoms with Crippen LogP contribution < -0.4 is 4.74 Å². The van der Waals surface area contributed by atoms with E-state index in [0.29, 0.717) is 17.9 Å². The van der Waals surface area contributed by atoms with Gasteiger partial charge in [-0.15, -0.1) is 0 Å². The predicted molar refractivity (Wildman–Crippen MR) is 134 cm³/mol. The molecule has 0 amide bonds. The van der Waals surface area contributed by atoms with Gasteiger partial charge in [0.2, 0.25) is 0 Å². The highest BCUT2D eigenvalue weighted by Crippen LogP contribution is 2.25. The van der Waals surface area contributed by atoms with Crippen molar-refractivity contribution in [3.8, 4) is 16.9 Å². The second-order valence-corrected chi connectivity index (χ2v) is 8.70. The summed E-state index contributed by atoms with van der Waals surface area (Å²) in [6.45, 7) is 9.56. The van der Waals surface area contributed by atoms with Gasteiger partial charge >= 0.3 is 11.9 Å². The van der Waals surface area contributed by atoms with Gasteiger partial charge in [-0.25, -0.2) is 9.59 Å². The summed E-state index contributed by atoms with van der Waals surface area (Å²) in [5, 5.41) is 19.5. The summed E-state index contributed by atoms with van der Waals surface area (Å²) in [6.07, 6.45) is 1.54. The lowest BCUT2D eigenvalue weighted by Crippen LogP contribution is -2.41. The number of benzene rings is 2. The van der Waals surface area contributed by atoms with E-state index in [2.05, 4.69) is 13.2 Å². The zero-order valence-corrected chi connectivity index (χ0v) is 20.4. The van der Waals surface area contributed by atoms with E-state index >= 15 is 0 Å². The Hall–Kier alpha value is -3.42. The summed E-state index contributed by atoms with van der Waals surface area (Å²) in [5.41, 5.74) is 2.71. The normalized spacial score (nSPS) is 11.0. The van der Waals surface area contributed by atoms with Gasteiger partial charge in [-0.05, 0) is 55.5 Å². The van der Waals surface area contributed by atoms with Gasteiger partial charge in [0, 0.05) is 11.1 Å². The van der Waals surface area contributed by atoms with E-state index in [1.54, 1.807) is 19.1 Å². The molecule has 2 rings (SSSR count). The lowest BCUT2D eigenvalue weighted by Gasteiger charge is -2.29. The molecule has 0 bridgehead atoms. The van der Waals surface area contributed by atoms with E-state index in [1.807, 2.05) is 36.4 Å². The Labute approximate surface area is 206 Å². The molecule has 0 aromatic heterocycles. The largest absolute Gasteiger partial charge is 0.493 e. The second-order valence-electron chi connectivity index (χ2n) is 8.70. The highest BCUT2D eigenvalue weighted by molar-refractivity contribution is 5.87. The summed E-state index contributed by atoms with van der Waals surface area (Å²) >= 11 is 0. The number of hydrogen-bond acceptors (Lipinski definition) is 7. The number of carbonyl (C=O) groups is 2. The van der Waals surface area contributed by atoms with Crippen LogP contribution in [0.5, 0.6) is 5.75 Å². The highest BCUT2D eigenvalue weighted by Gasteiger charge is 2.32. The van der Waals surface area contributed by atoms with E-state index < -0.39 is 24.6 Å². The summed E-state index contributed by atoms with van der Waals surface area (Å²) in [4.78, 5) is 23.1. The fraction of sp³-hybridized carbons (Fsp3) is 0.357. The Bertz CT molecular complexity index is 1000. The maximum Gasteiger partial charge on any atom is 0.333 e. The average Bonchev–Trinajstić information content (AvgIpc) is 2.87. The van der Waals surface area contributed by atoms with Gasteiger partial charge in [0.05, 0.1) is 25.2 Å². The molecule has 35 heavy (non-hydrogen) atoms. The maximum atomic E-state index is 11.7. The lowest BCUT2D eigenvalue weighted by atomic mass is 9.92. The molecule has 0 aliphatic carbocycles. The molecular formula is C28H34O7. The fourth-order valence-corrected chi connectivity index (χ4v) is 3.02. The van der Waals surface area contributed by atoms with Crippen LogP contribution in [0.2, 0.25) is 0 Å². The minimum absolute atomic E-state index is 0.0286. The second kappa shape index (κ2) is 13.5. The first-order valence-electron chi connectivity index (χ1n) is 11.4. The van der Waals surface area contributed by atoms with Crippen molar-refractivity contribution in [3.63, 3.8) is 0 Å². The topological polar surface area (TPSA) is 102 Å². The number of aliphatic hydroxyl groups excluding tert-OH is 2. The number of esters is 2. The van der Waals surface area contributed by atoms with Gasteiger partial charge in [0.1, 0.15) is 19.0 Å². The SMILES string of the molecule is C=C(C)C(=O)OCCCc1ccc(-c2ccc(OCC(CO)(CO)COC(=O)C(=C)C)cc2)cc1. The van der Waals surface area contributed by atoms with Crippen molar-refractivity contribution in [2.24, 2.45) is 5.41 Å². The van der Waals surface area contributed by atoms with Gasteiger partial charge in [0.25, 0.3) is 0 Å². The molecule has 0 aliphatic rings. The highest BCUT2D eigenvalue weighted by atomic mass is 16.5. The average molecular weight is 483 g/mol. The van der Waals surface area contributed by atoms with E-state index in [0.717, 1.165) is 29.5 Å². The molecule has 2 aromatic carbocycles. The quantitative estimate of drug-likeness (QED) is 0.239. The van der Waals surface area contributed by atoms with Crippen LogP contribution in [-0.4, -0.2) is 55.2 Å². The van der Waals surface area contributed by atoms with Gasteiger partial charge in [-0.1, -0.05) is 49.6 Å². The molecule has 0 atom stereocenters. The lowest BCUT2D eigenvalue weighted by molar-refractivity contribution is -0.146. The Morgan fingerprint density at radius 1 is 0.800 bits per heavy atom. The third kappa shape index (κ3) is 8.70. The van der Waals surface area contributed by atoms with E-state index in [1.165, 1.54) is 6.92 Å². The van der Waals surface area contributed by atoms with E-state index in [-0.39, 0.29) is 24.8 Å². The molecule has 0 fully saturated rings. The third-order valence-corrected chi connectivity index (χ3v) is 5.41. The Balaban J connectivity index is 1.90. The number of hydrogen-bond donors (Lipinski definition) is 2. The van der Waals surface area contributed by atoms with Crippen LogP contribution in [0.4, 0.5) is 0 Å². The maximum absolute atomic E-state index is 11.7. The summed E-state index contributed by atoms with van der Waals surface area (Å²) in [5.74, 6) is -0.387. The molecule has 2 N–H and O–H groups in total. The Kier molecular flexibility index (Phi) is 10.7. The molecule has 0 heterocycles. The number of aryl methyl sites for hydroxylation is 1. The Morgan fingerprint density at radius 2 is 1.31 bits per heavy atom. The van der Waals surface area contributed by atoms with Crippen molar-refractivity contribution in [2.75, 3.05) is 33.0 Å². The number of ether oxygens (including phenoxy) is 3. The van der Waals surface area contributed by atoms with Crippen LogP contribution in [0.25, 0.3) is 11.1 Å². The fourth-order valence-electron chi connectivity index (χ4n) is 3.02. The van der Waals surface area contributed by atoms with E-state index in [4.69, 9.17) is 14.2 Å². The summed E-state index contributed by atoms with van der Waals surface area (Å²) < 4.78 is 16.0. The first-order chi connectivity index (χ1) is 16.7. The molecule has 2 aromatic rings. The molecule has 0 aliphatic heterocycles. The molecule has 0 unspecified atom stereocenters. The van der Waals surface area contributed by atoms with Gasteiger partial charge < -0.3 is 24.4 Å². The van der Waals surface area contributed by atoms with Crippen LogP contribution in [0, 0.1) is 5.41 Å². The van der Waals surface area contributed by atoms with Crippen LogP contribution in [-0.2, 0) is 25.5 Å². The molecule has 0 radical (unpaired) electrons. The van der Waals surface area contributed by atoms with Crippen LogP contribution >= 0.6 is 0 Å². The smallest absolute Gasteiger partial charge is 0.333 e. The standard InChI is InChI=1S/C28H34O7/c1-20(2)26(31)33-15-5-6-22-7-9-23(10-8-22)24-11-13-25(14-12-24)34-18-28(16-29,17-30)19-35-27(32)21(3)4/h7-14,29-30H,1,3,5-6,15-19H2,2,4H3. The number of rotatable bonds is 14. The molecule has 0 saturated carbocycles. The van der Waals surface area contributed by atoms with Crippen LogP contribution in [0.15, 0.2) is 72.8 Å². The first kappa shape index (κ1) is 27.8. The van der Waals surface area contributed by atoms with Crippen molar-refractivity contribution in [1.29, 1.82) is 0 Å². The van der Waals surface area contributed by atoms with Gasteiger partial charge in [0.15, 0.2) is 0 Å². The van der Waals surface area contributed by atoms with Crippen molar-refractivity contribution in [1.82, 2.24) is 0 Å². The minimum Gasteiger partial charge on any atom is -0.493 e. The number of aliphatic hydroxyl groups is 2. The third-order valence-electron chi connectivity index (χ3n) is 5.41. The molecule has 0 spiro atoms. The zero-order chi connectivity index (χ0) is 25.8. The van der Waals surface area contributed by atoms with Crippen molar-refractivity contribution in [2.45, 2.75) is 26.7 Å². The summed E-state index contributed by atoms with van der Waals surface area (Å²) in [7, 11) is 0.